The van der Waals surface area contributed by atoms with Crippen LogP contribution in [0.4, 0.5) is 0 Å². The van der Waals surface area contributed by atoms with Crippen molar-refractivity contribution in [2.75, 3.05) is 6.54 Å². The normalized spacial score (nSPS) is 13.7. The van der Waals surface area contributed by atoms with Crippen LogP contribution in [0.2, 0.25) is 0 Å². The van der Waals surface area contributed by atoms with E-state index in [4.69, 9.17) is 0 Å². The number of hydrogen-bond acceptors (Lipinski definition) is 3. The summed E-state index contributed by atoms with van der Waals surface area (Å²) < 4.78 is 0. The highest BCUT2D eigenvalue weighted by molar-refractivity contribution is 5.26. The average molecular weight is 270 g/mol. The summed E-state index contributed by atoms with van der Waals surface area (Å²) in [5.74, 6) is 0. The van der Waals surface area contributed by atoms with Crippen molar-refractivity contribution < 1.29 is 4.92 Å². The largest absolute Gasteiger partial charge is 0.304 e. The van der Waals surface area contributed by atoms with E-state index in [2.05, 4.69) is 5.32 Å². The van der Waals surface area contributed by atoms with Crippen molar-refractivity contribution >= 4 is 0 Å². The number of nitrogens with zero attached hydrogens (tertiary/aromatic N) is 1. The first kappa shape index (κ1) is 14.2. The first-order valence-corrected chi connectivity index (χ1v) is 6.68. The molecule has 2 rings (SSSR count). The van der Waals surface area contributed by atoms with Crippen LogP contribution in [-0.2, 0) is 12.1 Å². The topological polar surface area (TPSA) is 55.2 Å². The minimum atomic E-state index is -1.28. The molecule has 0 heterocycles. The zero-order valence-electron chi connectivity index (χ0n) is 11.5. The minimum absolute atomic E-state index is 0.223. The van der Waals surface area contributed by atoms with Crippen molar-refractivity contribution in [1.29, 1.82) is 0 Å². The maximum Gasteiger partial charge on any atom is 0.304 e. The molecule has 104 valence electrons. The first-order chi connectivity index (χ1) is 9.69. The summed E-state index contributed by atoms with van der Waals surface area (Å²) in [6.45, 7) is 2.41. The second kappa shape index (κ2) is 6.30. The van der Waals surface area contributed by atoms with Crippen LogP contribution >= 0.6 is 0 Å². The molecule has 0 saturated heterocycles. The molecule has 0 aliphatic rings. The highest BCUT2D eigenvalue weighted by Gasteiger charge is 2.44. The molecule has 1 atom stereocenters. The molecule has 0 aliphatic heterocycles. The molecule has 0 aromatic heterocycles. The third-order valence-electron chi connectivity index (χ3n) is 3.34. The second-order valence-electron chi connectivity index (χ2n) is 4.68. The summed E-state index contributed by atoms with van der Waals surface area (Å²) in [6.07, 6.45) is 0.318. The highest BCUT2D eigenvalue weighted by Crippen LogP contribution is 2.26. The molecule has 1 unspecified atom stereocenters. The standard InChI is InChI=1S/C16H18N2O2/c1-2-17-16(18(19)20,15-11-7-4-8-12-15)13-14-9-5-3-6-10-14/h3-12,17H,2,13H2,1H3. The Hall–Kier alpha value is -2.20. The van der Waals surface area contributed by atoms with E-state index in [1.54, 1.807) is 12.1 Å². The van der Waals surface area contributed by atoms with E-state index < -0.39 is 5.66 Å². The number of benzene rings is 2. The molecule has 20 heavy (non-hydrogen) atoms. The molecule has 0 bridgehead atoms. The molecular formula is C16H18N2O2. The molecule has 0 amide bonds. The SMILES string of the molecule is CCNC(Cc1ccccc1)(c1ccccc1)[N+](=O)[O-]. The molecule has 0 aliphatic carbocycles. The maximum atomic E-state index is 11.8. The van der Waals surface area contributed by atoms with Gasteiger partial charge in [0.1, 0.15) is 0 Å². The Morgan fingerprint density at radius 1 is 1.05 bits per heavy atom. The van der Waals surface area contributed by atoms with E-state index in [-0.39, 0.29) is 4.92 Å². The van der Waals surface area contributed by atoms with Gasteiger partial charge in [0.2, 0.25) is 0 Å². The van der Waals surface area contributed by atoms with Gasteiger partial charge in [-0.2, -0.15) is 0 Å². The average Bonchev–Trinajstić information content (AvgIpc) is 2.48. The van der Waals surface area contributed by atoms with Gasteiger partial charge in [-0.15, -0.1) is 0 Å². The molecule has 0 radical (unpaired) electrons. The molecule has 4 nitrogen and oxygen atoms in total. The minimum Gasteiger partial charge on any atom is -0.262 e. The molecule has 2 aromatic rings. The molecule has 4 heteroatoms. The van der Waals surface area contributed by atoms with Gasteiger partial charge in [0.15, 0.2) is 0 Å². The van der Waals surface area contributed by atoms with E-state index >= 15 is 0 Å². The van der Waals surface area contributed by atoms with Gasteiger partial charge < -0.3 is 0 Å². The summed E-state index contributed by atoms with van der Waals surface area (Å²) >= 11 is 0. The lowest BCUT2D eigenvalue weighted by Crippen LogP contribution is -2.50. The monoisotopic (exact) mass is 270 g/mol. The van der Waals surface area contributed by atoms with Gasteiger partial charge in [0.05, 0.1) is 6.42 Å². The third kappa shape index (κ3) is 2.86. The summed E-state index contributed by atoms with van der Waals surface area (Å²) in [6, 6.07) is 18.7. The quantitative estimate of drug-likeness (QED) is 0.499. The van der Waals surface area contributed by atoms with Gasteiger partial charge in [0, 0.05) is 10.5 Å². The van der Waals surface area contributed by atoms with Crippen LogP contribution in [0.1, 0.15) is 18.1 Å². The lowest BCUT2D eigenvalue weighted by Gasteiger charge is -2.26. The fourth-order valence-corrected chi connectivity index (χ4v) is 2.40. The van der Waals surface area contributed by atoms with Crippen LogP contribution in [0.25, 0.3) is 0 Å². The zero-order chi connectivity index (χ0) is 14.4. The van der Waals surface area contributed by atoms with Crippen molar-refractivity contribution in [3.05, 3.63) is 81.9 Å². The second-order valence-corrected chi connectivity index (χ2v) is 4.68. The smallest absolute Gasteiger partial charge is 0.262 e. The van der Waals surface area contributed by atoms with Crippen LogP contribution in [0.3, 0.4) is 0 Å². The Morgan fingerprint density at radius 3 is 2.10 bits per heavy atom. The fourth-order valence-electron chi connectivity index (χ4n) is 2.40. The third-order valence-corrected chi connectivity index (χ3v) is 3.34. The molecule has 0 fully saturated rings. The Balaban J connectivity index is 2.45. The Bertz CT molecular complexity index is 557. The predicted octanol–water partition coefficient (Wildman–Crippen LogP) is 2.97. The fraction of sp³-hybridized carbons (Fsp3) is 0.250. The van der Waals surface area contributed by atoms with Gasteiger partial charge in [0.25, 0.3) is 0 Å². The van der Waals surface area contributed by atoms with E-state index in [9.17, 15) is 10.1 Å². The van der Waals surface area contributed by atoms with Crippen molar-refractivity contribution in [3.63, 3.8) is 0 Å². The first-order valence-electron chi connectivity index (χ1n) is 6.68. The maximum absolute atomic E-state index is 11.8. The number of nitro groups is 1. The van der Waals surface area contributed by atoms with Crippen LogP contribution in [-0.4, -0.2) is 11.5 Å². The van der Waals surface area contributed by atoms with Gasteiger partial charge in [-0.3, -0.25) is 10.1 Å². The summed E-state index contributed by atoms with van der Waals surface area (Å²) in [5, 5.41) is 14.8. The van der Waals surface area contributed by atoms with Crippen LogP contribution < -0.4 is 5.32 Å². The summed E-state index contributed by atoms with van der Waals surface area (Å²) in [5.41, 5.74) is 0.335. The van der Waals surface area contributed by atoms with Crippen molar-refractivity contribution in [2.24, 2.45) is 0 Å². The van der Waals surface area contributed by atoms with Crippen molar-refractivity contribution in [3.8, 4) is 0 Å². The van der Waals surface area contributed by atoms with E-state index in [1.165, 1.54) is 0 Å². The van der Waals surface area contributed by atoms with Gasteiger partial charge in [-0.1, -0.05) is 67.6 Å². The molecule has 1 N–H and O–H groups in total. The Kier molecular flexibility index (Phi) is 4.48. The molecule has 0 saturated carbocycles. The lowest BCUT2D eigenvalue weighted by molar-refractivity contribution is -0.588. The predicted molar refractivity (Wildman–Crippen MR) is 78.9 cm³/mol. The van der Waals surface area contributed by atoms with Gasteiger partial charge in [-0.25, -0.2) is 5.32 Å². The van der Waals surface area contributed by atoms with E-state index in [0.717, 1.165) is 5.56 Å². The number of nitrogens with one attached hydrogen (secondary N) is 1. The Morgan fingerprint density at radius 2 is 1.60 bits per heavy atom. The zero-order valence-corrected chi connectivity index (χ0v) is 11.5. The summed E-state index contributed by atoms with van der Waals surface area (Å²) in [7, 11) is 0. The number of hydrogen-bond donors (Lipinski definition) is 1. The van der Waals surface area contributed by atoms with E-state index in [1.807, 2.05) is 55.5 Å². The number of likely N-dealkylation sites (N-methyl/N-ethyl adjacent to an activating group) is 1. The highest BCUT2D eigenvalue weighted by atomic mass is 16.6. The Labute approximate surface area is 118 Å². The molecule has 0 spiro atoms. The molecular weight excluding hydrogens is 252 g/mol. The van der Waals surface area contributed by atoms with E-state index in [0.29, 0.717) is 18.5 Å². The van der Waals surface area contributed by atoms with Crippen molar-refractivity contribution in [2.45, 2.75) is 19.0 Å². The van der Waals surface area contributed by atoms with Crippen LogP contribution in [0.5, 0.6) is 0 Å². The van der Waals surface area contributed by atoms with Crippen LogP contribution in [0.15, 0.2) is 60.7 Å². The van der Waals surface area contributed by atoms with Crippen molar-refractivity contribution in [1.82, 2.24) is 5.32 Å². The van der Waals surface area contributed by atoms with Crippen LogP contribution in [0, 0.1) is 10.1 Å². The summed E-state index contributed by atoms with van der Waals surface area (Å²) in [4.78, 5) is 11.5. The molecule has 2 aromatic carbocycles. The lowest BCUT2D eigenvalue weighted by atomic mass is 9.92. The van der Waals surface area contributed by atoms with Gasteiger partial charge in [-0.05, 0) is 12.1 Å². The van der Waals surface area contributed by atoms with Gasteiger partial charge >= 0.3 is 5.66 Å². The number of rotatable bonds is 6.